The molecule has 2 N–H and O–H groups in total. The Morgan fingerprint density at radius 1 is 0.724 bits per heavy atom. The van der Waals surface area contributed by atoms with E-state index in [1.54, 1.807) is 36.4 Å². The molecule has 0 aliphatic carbocycles. The molecule has 0 spiro atoms. The summed E-state index contributed by atoms with van der Waals surface area (Å²) >= 11 is 0. The first-order chi connectivity index (χ1) is 13.9. The molecule has 2 heterocycles. The molecule has 0 amide bonds. The highest BCUT2D eigenvalue weighted by molar-refractivity contribution is 7.91. The second kappa shape index (κ2) is 6.78. The number of sulfone groups is 1. The minimum Gasteiger partial charge on any atom is -0.496 e. The summed E-state index contributed by atoms with van der Waals surface area (Å²) in [5, 5.41) is 0.811. The first-order valence-corrected chi connectivity index (χ1v) is 10.0. The number of fused-ring (bicyclic) bond motifs is 2. The number of hydrogen-bond acceptors (Lipinski definition) is 6. The fraction of sp³-hybridized carbons (Fsp3) is 0.100. The zero-order valence-corrected chi connectivity index (χ0v) is 16.3. The Labute approximate surface area is 164 Å². The van der Waals surface area contributed by atoms with Gasteiger partial charge in [0.25, 0.3) is 11.1 Å². The molecule has 0 aliphatic rings. The second-order valence-electron chi connectivity index (χ2n) is 6.27. The van der Waals surface area contributed by atoms with Crippen LogP contribution in [0, 0.1) is 0 Å². The van der Waals surface area contributed by atoms with Crippen LogP contribution in [-0.4, -0.2) is 32.6 Å². The van der Waals surface area contributed by atoms with Crippen LogP contribution in [0.4, 0.5) is 0 Å². The third kappa shape index (κ3) is 2.95. The first-order valence-electron chi connectivity index (χ1n) is 8.52. The van der Waals surface area contributed by atoms with E-state index in [0.29, 0.717) is 33.3 Å². The lowest BCUT2D eigenvalue weighted by molar-refractivity contribution is 0.419. The van der Waals surface area contributed by atoms with E-state index in [1.807, 2.05) is 0 Å². The maximum absolute atomic E-state index is 13.2. The normalized spacial score (nSPS) is 11.7. The van der Waals surface area contributed by atoms with Crippen molar-refractivity contribution in [2.45, 2.75) is 9.79 Å². The lowest BCUT2D eigenvalue weighted by Crippen LogP contribution is -2.23. The van der Waals surface area contributed by atoms with Gasteiger partial charge in [-0.3, -0.25) is 9.59 Å². The van der Waals surface area contributed by atoms with Gasteiger partial charge in [-0.2, -0.15) is 0 Å². The predicted octanol–water partition coefficient (Wildman–Crippen LogP) is 2.22. The van der Waals surface area contributed by atoms with Crippen molar-refractivity contribution in [3.8, 4) is 11.5 Å². The van der Waals surface area contributed by atoms with Crippen molar-refractivity contribution >= 4 is 31.6 Å². The van der Waals surface area contributed by atoms with Gasteiger partial charge in [0, 0.05) is 10.8 Å². The monoisotopic (exact) mass is 412 g/mol. The van der Waals surface area contributed by atoms with Gasteiger partial charge in [0.15, 0.2) is 0 Å². The zero-order valence-electron chi connectivity index (χ0n) is 15.5. The molecule has 0 atom stereocenters. The van der Waals surface area contributed by atoms with Crippen molar-refractivity contribution in [3.63, 3.8) is 0 Å². The molecule has 148 valence electrons. The lowest BCUT2D eigenvalue weighted by atomic mass is 10.2. The Bertz CT molecular complexity index is 1380. The first kappa shape index (κ1) is 18.8. The molecule has 2 aromatic carbocycles. The van der Waals surface area contributed by atoms with Crippen LogP contribution in [0.25, 0.3) is 21.8 Å². The molecule has 4 aromatic rings. The molecule has 8 nitrogen and oxygen atoms in total. The second-order valence-corrected chi connectivity index (χ2v) is 8.16. The fourth-order valence-corrected chi connectivity index (χ4v) is 4.61. The Morgan fingerprint density at radius 3 is 1.52 bits per heavy atom. The summed E-state index contributed by atoms with van der Waals surface area (Å²) < 4.78 is 37.0. The standard InChI is InChI=1S/C20H16N2O6S/c1-27-15-7-3-5-13-11(15)9-17(19(23)21-13)29(25,26)18-10-12-14(22-20(18)24)6-4-8-16(12)28-2/h3-10H,1-2H3,(H,21,23)(H,22,24). The number of methoxy groups -OCH3 is 2. The largest absolute Gasteiger partial charge is 0.496 e. The van der Waals surface area contributed by atoms with Gasteiger partial charge in [0.05, 0.1) is 25.3 Å². The molecule has 0 unspecified atom stereocenters. The summed E-state index contributed by atoms with van der Waals surface area (Å²) in [6.45, 7) is 0. The number of H-pyrrole nitrogens is 2. The average Bonchev–Trinajstić information content (AvgIpc) is 2.71. The smallest absolute Gasteiger partial charge is 0.267 e. The number of rotatable bonds is 4. The fourth-order valence-electron chi connectivity index (χ4n) is 3.24. The van der Waals surface area contributed by atoms with E-state index in [1.165, 1.54) is 26.4 Å². The summed E-state index contributed by atoms with van der Waals surface area (Å²) in [4.78, 5) is 29.1. The minimum absolute atomic E-state index is 0.393. The number of aromatic nitrogens is 2. The van der Waals surface area contributed by atoms with Crippen molar-refractivity contribution < 1.29 is 17.9 Å². The van der Waals surface area contributed by atoms with E-state index >= 15 is 0 Å². The summed E-state index contributed by atoms with van der Waals surface area (Å²) in [5.74, 6) is 0.786. The van der Waals surface area contributed by atoms with Gasteiger partial charge in [-0.1, -0.05) is 12.1 Å². The topological polar surface area (TPSA) is 118 Å². The van der Waals surface area contributed by atoms with E-state index in [0.717, 1.165) is 0 Å². The third-order valence-electron chi connectivity index (χ3n) is 4.65. The van der Waals surface area contributed by atoms with Crippen molar-refractivity contribution in [2.75, 3.05) is 14.2 Å². The lowest BCUT2D eigenvalue weighted by Gasteiger charge is -2.10. The molecule has 9 heteroatoms. The van der Waals surface area contributed by atoms with E-state index in [2.05, 4.69) is 9.97 Å². The Hall–Kier alpha value is -3.59. The highest BCUT2D eigenvalue weighted by Gasteiger charge is 2.26. The number of pyridine rings is 2. The molecule has 0 saturated carbocycles. The van der Waals surface area contributed by atoms with Crippen LogP contribution in [0.5, 0.6) is 11.5 Å². The van der Waals surface area contributed by atoms with Gasteiger partial charge in [-0.25, -0.2) is 8.42 Å². The maximum Gasteiger partial charge on any atom is 0.267 e. The van der Waals surface area contributed by atoms with Gasteiger partial charge in [-0.15, -0.1) is 0 Å². The van der Waals surface area contributed by atoms with E-state index in [9.17, 15) is 18.0 Å². The van der Waals surface area contributed by atoms with Gasteiger partial charge >= 0.3 is 0 Å². The quantitative estimate of drug-likeness (QED) is 0.531. The molecule has 0 radical (unpaired) electrons. The van der Waals surface area contributed by atoms with Crippen LogP contribution >= 0.6 is 0 Å². The van der Waals surface area contributed by atoms with E-state index in [-0.39, 0.29) is 0 Å². The van der Waals surface area contributed by atoms with Crippen LogP contribution in [0.2, 0.25) is 0 Å². The summed E-state index contributed by atoms with van der Waals surface area (Å²) in [6, 6.07) is 12.3. The van der Waals surface area contributed by atoms with Crippen LogP contribution in [0.1, 0.15) is 0 Å². The number of aromatic amines is 2. The van der Waals surface area contributed by atoms with E-state index < -0.39 is 30.7 Å². The molecule has 0 saturated heterocycles. The highest BCUT2D eigenvalue weighted by atomic mass is 32.2. The van der Waals surface area contributed by atoms with Gasteiger partial charge in [0.1, 0.15) is 21.3 Å². The zero-order chi connectivity index (χ0) is 20.8. The van der Waals surface area contributed by atoms with Crippen molar-refractivity contribution in [1.82, 2.24) is 9.97 Å². The average molecular weight is 412 g/mol. The van der Waals surface area contributed by atoms with Crippen LogP contribution in [0.15, 0.2) is 67.9 Å². The molecule has 2 aromatic heterocycles. The molecule has 29 heavy (non-hydrogen) atoms. The number of benzene rings is 2. The number of ether oxygens (including phenoxy) is 2. The predicted molar refractivity (Wildman–Crippen MR) is 108 cm³/mol. The molecular weight excluding hydrogens is 396 g/mol. The Kier molecular flexibility index (Phi) is 4.39. The van der Waals surface area contributed by atoms with Crippen LogP contribution in [0.3, 0.4) is 0 Å². The Balaban J connectivity index is 2.03. The van der Waals surface area contributed by atoms with Gasteiger partial charge in [-0.05, 0) is 36.4 Å². The summed E-state index contributed by atoms with van der Waals surface area (Å²) in [7, 11) is -1.55. The van der Waals surface area contributed by atoms with E-state index in [4.69, 9.17) is 9.47 Å². The molecule has 4 rings (SSSR count). The number of nitrogens with one attached hydrogen (secondary N) is 2. The minimum atomic E-state index is -4.43. The summed E-state index contributed by atoms with van der Waals surface area (Å²) in [5.41, 5.74) is -0.819. The maximum atomic E-state index is 13.2. The molecule has 0 fully saturated rings. The van der Waals surface area contributed by atoms with Crippen molar-refractivity contribution in [1.29, 1.82) is 0 Å². The SMILES string of the molecule is COc1cccc2[nH]c(=O)c(S(=O)(=O)c3cc4c(OC)cccc4[nH]c3=O)cc12. The van der Waals surface area contributed by atoms with Crippen LogP contribution in [-0.2, 0) is 9.84 Å². The number of hydrogen-bond donors (Lipinski definition) is 2. The van der Waals surface area contributed by atoms with Crippen molar-refractivity contribution in [3.05, 3.63) is 69.2 Å². The highest BCUT2D eigenvalue weighted by Crippen LogP contribution is 2.28. The summed E-state index contributed by atoms with van der Waals surface area (Å²) in [6.07, 6.45) is 0. The van der Waals surface area contributed by atoms with Gasteiger partial charge in [0.2, 0.25) is 9.84 Å². The molecular formula is C20H16N2O6S. The van der Waals surface area contributed by atoms with Gasteiger partial charge < -0.3 is 19.4 Å². The molecule has 0 aliphatic heterocycles. The third-order valence-corrected chi connectivity index (χ3v) is 6.41. The van der Waals surface area contributed by atoms with Crippen LogP contribution < -0.4 is 20.6 Å². The Morgan fingerprint density at radius 2 is 1.14 bits per heavy atom. The van der Waals surface area contributed by atoms with Crippen molar-refractivity contribution in [2.24, 2.45) is 0 Å². The molecule has 0 bridgehead atoms.